The van der Waals surface area contributed by atoms with Gasteiger partial charge >= 0.3 is 0 Å². The smallest absolute Gasteiger partial charge is 0.160 e. The van der Waals surface area contributed by atoms with E-state index in [1.54, 1.807) is 24.3 Å². The van der Waals surface area contributed by atoms with Crippen LogP contribution in [-0.4, -0.2) is 7.11 Å². The Morgan fingerprint density at radius 1 is 1.11 bits per heavy atom. The number of para-hydroxylation sites is 1. The number of ether oxygens (including phenoxy) is 1. The van der Waals surface area contributed by atoms with Gasteiger partial charge in [-0.15, -0.1) is 0 Å². The van der Waals surface area contributed by atoms with Gasteiger partial charge in [-0.05, 0) is 23.8 Å². The van der Waals surface area contributed by atoms with E-state index in [4.69, 9.17) is 22.1 Å². The van der Waals surface area contributed by atoms with E-state index in [1.165, 1.54) is 7.11 Å². The fourth-order valence-electron chi connectivity index (χ4n) is 1.87. The predicted molar refractivity (Wildman–Crippen MR) is 70.4 cm³/mol. The Hall–Kier alpha value is -1.65. The van der Waals surface area contributed by atoms with Gasteiger partial charge in [-0.3, -0.25) is 0 Å². The van der Waals surface area contributed by atoms with Crippen molar-refractivity contribution in [3.63, 3.8) is 0 Å². The van der Waals surface area contributed by atoms with Gasteiger partial charge in [0.05, 0.1) is 13.2 Å². The van der Waals surface area contributed by atoms with Crippen molar-refractivity contribution in [1.82, 2.24) is 0 Å². The van der Waals surface area contributed by atoms with Crippen LogP contribution in [0.5, 0.6) is 5.75 Å². The lowest BCUT2D eigenvalue weighted by Crippen LogP contribution is -2.14. The summed E-state index contributed by atoms with van der Waals surface area (Å²) < 4.78 is 31.5. The van der Waals surface area contributed by atoms with Gasteiger partial charge in [0.25, 0.3) is 0 Å². The first-order valence-electron chi connectivity index (χ1n) is 5.57. The van der Waals surface area contributed by atoms with Crippen LogP contribution in [0.25, 0.3) is 0 Å². The average molecular weight is 284 g/mol. The summed E-state index contributed by atoms with van der Waals surface area (Å²) in [6.45, 7) is 0. The summed E-state index contributed by atoms with van der Waals surface area (Å²) in [6, 6.07) is 8.30. The SMILES string of the molecule is COc1ccccc1C(N)c1cc(F)c(F)cc1Cl. The standard InChI is InChI=1S/C14H12ClF2NO/c1-19-13-5-3-2-4-8(13)14(18)9-6-11(16)12(17)7-10(9)15/h2-7,14H,18H2,1H3. The number of rotatable bonds is 3. The first-order valence-corrected chi connectivity index (χ1v) is 5.95. The minimum atomic E-state index is -0.999. The third kappa shape index (κ3) is 2.69. The quantitative estimate of drug-likeness (QED) is 0.872. The van der Waals surface area contributed by atoms with Gasteiger partial charge in [0.15, 0.2) is 11.6 Å². The maximum atomic E-state index is 13.3. The van der Waals surface area contributed by atoms with Gasteiger partial charge in [-0.25, -0.2) is 8.78 Å². The molecule has 100 valence electrons. The first kappa shape index (κ1) is 13.8. The van der Waals surface area contributed by atoms with E-state index in [9.17, 15) is 8.78 Å². The van der Waals surface area contributed by atoms with Gasteiger partial charge in [0, 0.05) is 10.6 Å². The monoisotopic (exact) mass is 283 g/mol. The minimum Gasteiger partial charge on any atom is -0.496 e. The lowest BCUT2D eigenvalue weighted by atomic mass is 9.98. The molecule has 0 saturated carbocycles. The van der Waals surface area contributed by atoms with Crippen LogP contribution in [0.4, 0.5) is 8.78 Å². The highest BCUT2D eigenvalue weighted by Gasteiger charge is 2.18. The number of hydrogen-bond acceptors (Lipinski definition) is 2. The summed E-state index contributed by atoms with van der Waals surface area (Å²) in [5.41, 5.74) is 7.02. The largest absolute Gasteiger partial charge is 0.496 e. The average Bonchev–Trinajstić information content (AvgIpc) is 2.42. The summed E-state index contributed by atoms with van der Waals surface area (Å²) in [7, 11) is 1.51. The van der Waals surface area contributed by atoms with Crippen molar-refractivity contribution < 1.29 is 13.5 Å². The molecule has 0 spiro atoms. The van der Waals surface area contributed by atoms with Crippen LogP contribution in [0.1, 0.15) is 17.2 Å². The molecule has 2 N–H and O–H groups in total. The van der Waals surface area contributed by atoms with Crippen molar-refractivity contribution in [3.05, 3.63) is 64.2 Å². The van der Waals surface area contributed by atoms with Crippen molar-refractivity contribution in [2.75, 3.05) is 7.11 Å². The molecule has 0 amide bonds. The summed E-state index contributed by atoms with van der Waals surface area (Å²) in [4.78, 5) is 0. The molecule has 0 aliphatic carbocycles. The molecule has 0 fully saturated rings. The Labute approximate surface area is 114 Å². The molecule has 2 aromatic carbocycles. The highest BCUT2D eigenvalue weighted by atomic mass is 35.5. The maximum Gasteiger partial charge on any atom is 0.160 e. The molecule has 1 unspecified atom stereocenters. The minimum absolute atomic E-state index is 0.0808. The molecular weight excluding hydrogens is 272 g/mol. The Bertz CT molecular complexity index is 604. The van der Waals surface area contributed by atoms with Crippen molar-refractivity contribution in [2.45, 2.75) is 6.04 Å². The Morgan fingerprint density at radius 2 is 1.74 bits per heavy atom. The topological polar surface area (TPSA) is 35.2 Å². The molecule has 5 heteroatoms. The third-order valence-electron chi connectivity index (χ3n) is 2.85. The summed E-state index contributed by atoms with van der Waals surface area (Å²) in [5, 5.41) is 0.0808. The summed E-state index contributed by atoms with van der Waals surface area (Å²) >= 11 is 5.91. The van der Waals surface area contributed by atoms with E-state index in [-0.39, 0.29) is 5.02 Å². The third-order valence-corrected chi connectivity index (χ3v) is 3.18. The summed E-state index contributed by atoms with van der Waals surface area (Å²) in [5.74, 6) is -1.42. The maximum absolute atomic E-state index is 13.3. The van der Waals surface area contributed by atoms with Gasteiger partial charge in [-0.2, -0.15) is 0 Å². The van der Waals surface area contributed by atoms with Crippen LogP contribution in [0, 0.1) is 11.6 Å². The molecule has 0 aliphatic heterocycles. The van der Waals surface area contributed by atoms with Crippen LogP contribution >= 0.6 is 11.6 Å². The van der Waals surface area contributed by atoms with E-state index in [0.29, 0.717) is 16.9 Å². The van der Waals surface area contributed by atoms with Crippen LogP contribution in [0.3, 0.4) is 0 Å². The predicted octanol–water partition coefficient (Wildman–Crippen LogP) is 3.67. The van der Waals surface area contributed by atoms with Gasteiger partial charge in [-0.1, -0.05) is 29.8 Å². The fraction of sp³-hybridized carbons (Fsp3) is 0.143. The van der Waals surface area contributed by atoms with Crippen LogP contribution in [0.2, 0.25) is 5.02 Å². The molecule has 0 bridgehead atoms. The van der Waals surface area contributed by atoms with Crippen molar-refractivity contribution in [3.8, 4) is 5.75 Å². The zero-order chi connectivity index (χ0) is 14.0. The first-order chi connectivity index (χ1) is 9.04. The Morgan fingerprint density at radius 3 is 2.42 bits per heavy atom. The van der Waals surface area contributed by atoms with Crippen molar-refractivity contribution in [2.24, 2.45) is 5.73 Å². The second-order valence-corrected chi connectivity index (χ2v) is 4.41. The zero-order valence-corrected chi connectivity index (χ0v) is 10.9. The lowest BCUT2D eigenvalue weighted by Gasteiger charge is -2.17. The number of nitrogens with two attached hydrogens (primary N) is 1. The molecule has 0 saturated heterocycles. The summed E-state index contributed by atoms with van der Waals surface area (Å²) in [6.07, 6.45) is 0. The highest BCUT2D eigenvalue weighted by molar-refractivity contribution is 6.31. The van der Waals surface area contributed by atoms with E-state index in [2.05, 4.69) is 0 Å². The molecule has 2 aromatic rings. The molecule has 0 radical (unpaired) electrons. The van der Waals surface area contributed by atoms with Crippen molar-refractivity contribution in [1.29, 1.82) is 0 Å². The zero-order valence-electron chi connectivity index (χ0n) is 10.2. The molecule has 2 nitrogen and oxygen atoms in total. The normalized spacial score (nSPS) is 12.3. The van der Waals surface area contributed by atoms with Gasteiger partial charge in [0.2, 0.25) is 0 Å². The number of benzene rings is 2. The van der Waals surface area contributed by atoms with E-state index < -0.39 is 17.7 Å². The van der Waals surface area contributed by atoms with E-state index in [0.717, 1.165) is 12.1 Å². The molecule has 0 heterocycles. The lowest BCUT2D eigenvalue weighted by molar-refractivity contribution is 0.407. The molecule has 1 atom stereocenters. The molecule has 0 aromatic heterocycles. The number of hydrogen-bond donors (Lipinski definition) is 1. The second kappa shape index (κ2) is 5.55. The molecule has 2 rings (SSSR count). The highest BCUT2D eigenvalue weighted by Crippen LogP contribution is 2.32. The van der Waals surface area contributed by atoms with Crippen LogP contribution in [-0.2, 0) is 0 Å². The molecule has 0 aliphatic rings. The Kier molecular flexibility index (Phi) is 4.02. The molecule has 19 heavy (non-hydrogen) atoms. The van der Waals surface area contributed by atoms with Crippen LogP contribution < -0.4 is 10.5 Å². The second-order valence-electron chi connectivity index (χ2n) is 4.01. The number of halogens is 3. The number of methoxy groups -OCH3 is 1. The fourth-order valence-corrected chi connectivity index (χ4v) is 2.14. The molecular formula is C14H12ClF2NO. The Balaban J connectivity index is 2.50. The van der Waals surface area contributed by atoms with E-state index >= 15 is 0 Å². The van der Waals surface area contributed by atoms with Crippen LogP contribution in [0.15, 0.2) is 36.4 Å². The van der Waals surface area contributed by atoms with E-state index in [1.807, 2.05) is 0 Å². The van der Waals surface area contributed by atoms with Gasteiger partial charge < -0.3 is 10.5 Å². The van der Waals surface area contributed by atoms with Crippen molar-refractivity contribution >= 4 is 11.6 Å². The van der Waals surface area contributed by atoms with Gasteiger partial charge in [0.1, 0.15) is 5.75 Å².